The van der Waals surface area contributed by atoms with Crippen molar-refractivity contribution in [2.45, 2.75) is 45.3 Å². The fourth-order valence-electron chi connectivity index (χ4n) is 1.45. The summed E-state index contributed by atoms with van der Waals surface area (Å²) in [7, 11) is 1.31. The van der Waals surface area contributed by atoms with E-state index in [4.69, 9.17) is 9.53 Å². The molecule has 6 nitrogen and oxygen atoms in total. The lowest BCUT2D eigenvalue weighted by Crippen LogP contribution is -2.47. The van der Waals surface area contributed by atoms with Gasteiger partial charge in [0.1, 0.15) is 5.60 Å². The maximum Gasteiger partial charge on any atom is 0.407 e. The first-order valence-corrected chi connectivity index (χ1v) is 6.05. The molecule has 0 aromatic rings. The highest BCUT2D eigenvalue weighted by Gasteiger charge is 2.20. The number of carbonyl (C=O) groups excluding carboxylic acids is 2. The summed E-state index contributed by atoms with van der Waals surface area (Å²) in [5.41, 5.74) is -0.411. The van der Waals surface area contributed by atoms with Crippen LogP contribution in [-0.4, -0.2) is 44.4 Å². The van der Waals surface area contributed by atoms with Crippen molar-refractivity contribution in [3.63, 3.8) is 0 Å². The smallest absolute Gasteiger partial charge is 0.407 e. The van der Waals surface area contributed by atoms with Gasteiger partial charge in [0, 0.05) is 12.6 Å². The van der Waals surface area contributed by atoms with Crippen molar-refractivity contribution < 1.29 is 19.1 Å². The van der Waals surface area contributed by atoms with Crippen LogP contribution in [-0.2, 0) is 14.3 Å². The molecule has 1 amide bonds. The summed E-state index contributed by atoms with van der Waals surface area (Å²) in [6, 6.07) is 0.221. The third kappa shape index (κ3) is 9.89. The normalized spacial score (nSPS) is 19.0. The van der Waals surface area contributed by atoms with Gasteiger partial charge >= 0.3 is 6.09 Å². The number of piperidine rings is 1. The molecule has 18 heavy (non-hydrogen) atoms. The van der Waals surface area contributed by atoms with Crippen LogP contribution in [0.1, 0.15) is 33.6 Å². The molecule has 0 aliphatic carbocycles. The molecule has 0 radical (unpaired) electrons. The van der Waals surface area contributed by atoms with Gasteiger partial charge in [-0.25, -0.2) is 4.79 Å². The number of hydrogen-bond donors (Lipinski definition) is 2. The zero-order valence-electron chi connectivity index (χ0n) is 11.6. The van der Waals surface area contributed by atoms with Crippen molar-refractivity contribution in [1.29, 1.82) is 0 Å². The number of carbonyl (C=O) groups is 2. The predicted molar refractivity (Wildman–Crippen MR) is 68.3 cm³/mol. The van der Waals surface area contributed by atoms with Crippen molar-refractivity contribution in [3.8, 4) is 0 Å². The van der Waals surface area contributed by atoms with Gasteiger partial charge in [-0.2, -0.15) is 0 Å². The van der Waals surface area contributed by atoms with Crippen molar-refractivity contribution in [2.75, 3.05) is 20.2 Å². The Morgan fingerprint density at radius 3 is 2.44 bits per heavy atom. The highest BCUT2D eigenvalue weighted by Crippen LogP contribution is 2.08. The molecule has 0 aromatic carbocycles. The van der Waals surface area contributed by atoms with E-state index in [2.05, 4.69) is 15.4 Å². The summed E-state index contributed by atoms with van der Waals surface area (Å²) in [6.07, 6.45) is 1.83. The monoisotopic (exact) mass is 260 g/mol. The van der Waals surface area contributed by atoms with Crippen LogP contribution in [0.4, 0.5) is 4.79 Å². The number of nitrogens with one attached hydrogen (secondary N) is 2. The summed E-state index contributed by atoms with van der Waals surface area (Å²) in [6.45, 7) is 7.87. The summed E-state index contributed by atoms with van der Waals surface area (Å²) in [4.78, 5) is 20.3. The van der Waals surface area contributed by atoms with Gasteiger partial charge in [-0.15, -0.1) is 0 Å². The molecular formula is C12H24N2O4. The lowest BCUT2D eigenvalue weighted by atomic mass is 10.1. The number of rotatable bonds is 2. The number of methoxy groups -OCH3 is 1. The van der Waals surface area contributed by atoms with E-state index in [1.807, 2.05) is 20.8 Å². The van der Waals surface area contributed by atoms with Gasteiger partial charge < -0.3 is 20.1 Å². The topological polar surface area (TPSA) is 76.7 Å². The van der Waals surface area contributed by atoms with Gasteiger partial charge in [0.05, 0.1) is 7.11 Å². The number of ether oxygens (including phenoxy) is 2. The largest absolute Gasteiger partial charge is 0.471 e. The highest BCUT2D eigenvalue weighted by molar-refractivity contribution is 5.68. The van der Waals surface area contributed by atoms with Crippen LogP contribution in [0.25, 0.3) is 0 Å². The second kappa shape index (κ2) is 8.74. The summed E-state index contributed by atoms with van der Waals surface area (Å²) in [5.74, 6) is 0. The first-order chi connectivity index (χ1) is 8.39. The van der Waals surface area contributed by atoms with Crippen molar-refractivity contribution >= 4 is 12.6 Å². The third-order valence-corrected chi connectivity index (χ3v) is 2.11. The fraction of sp³-hybridized carbons (Fsp3) is 0.833. The fourth-order valence-corrected chi connectivity index (χ4v) is 1.45. The average molecular weight is 260 g/mol. The molecule has 0 bridgehead atoms. The molecule has 0 aromatic heterocycles. The predicted octanol–water partition coefficient (Wildman–Crippen LogP) is 1.05. The van der Waals surface area contributed by atoms with Crippen molar-refractivity contribution in [3.05, 3.63) is 0 Å². The molecule has 0 spiro atoms. The van der Waals surface area contributed by atoms with Crippen molar-refractivity contribution in [2.24, 2.45) is 0 Å². The summed E-state index contributed by atoms with van der Waals surface area (Å²) < 4.78 is 9.02. The minimum absolute atomic E-state index is 0.221. The summed E-state index contributed by atoms with van der Waals surface area (Å²) in [5, 5.41) is 6.08. The van der Waals surface area contributed by atoms with Crippen LogP contribution >= 0.6 is 0 Å². The van der Waals surface area contributed by atoms with Crippen LogP contribution in [0.2, 0.25) is 0 Å². The standard InChI is InChI=1S/C10H20N2O2.C2H4O2/c1-10(2,3)14-9(13)12-8-5-4-6-11-7-8;1-4-2-3/h8,11H,4-7H2,1-3H3,(H,12,13);2H,1H3. The number of amides is 1. The Hall–Kier alpha value is -1.30. The van der Waals surface area contributed by atoms with Gasteiger partial charge in [-0.1, -0.05) is 0 Å². The van der Waals surface area contributed by atoms with Gasteiger partial charge in [-0.3, -0.25) is 4.79 Å². The first-order valence-electron chi connectivity index (χ1n) is 6.05. The molecule has 1 unspecified atom stereocenters. The molecule has 1 aliphatic heterocycles. The SMILES string of the molecule is CC(C)(C)OC(=O)NC1CCCNC1.COC=O. The molecule has 1 atom stereocenters. The quantitative estimate of drug-likeness (QED) is 0.726. The second-order valence-electron chi connectivity index (χ2n) is 5.02. The third-order valence-electron chi connectivity index (χ3n) is 2.11. The Kier molecular flexibility index (Phi) is 8.11. The Balaban J connectivity index is 0.000000631. The molecular weight excluding hydrogens is 236 g/mol. The molecule has 1 heterocycles. The zero-order chi connectivity index (χ0) is 14.0. The summed E-state index contributed by atoms with van der Waals surface area (Å²) >= 11 is 0. The number of alkyl carbamates (subject to hydrolysis) is 1. The van der Waals surface area contributed by atoms with E-state index in [1.165, 1.54) is 7.11 Å². The minimum Gasteiger partial charge on any atom is -0.471 e. The van der Waals surface area contributed by atoms with E-state index >= 15 is 0 Å². The van der Waals surface area contributed by atoms with E-state index in [-0.39, 0.29) is 12.1 Å². The van der Waals surface area contributed by atoms with E-state index in [9.17, 15) is 4.79 Å². The highest BCUT2D eigenvalue weighted by atomic mass is 16.6. The molecule has 1 rings (SSSR count). The van der Waals surface area contributed by atoms with Gasteiger partial charge in [0.25, 0.3) is 6.47 Å². The maximum absolute atomic E-state index is 11.4. The van der Waals surface area contributed by atoms with Crippen LogP contribution in [0.5, 0.6) is 0 Å². The molecule has 0 saturated carbocycles. The minimum atomic E-state index is -0.411. The Labute approximate surface area is 108 Å². The molecule has 6 heteroatoms. The first kappa shape index (κ1) is 16.7. The molecule has 106 valence electrons. The molecule has 1 fully saturated rings. The van der Waals surface area contributed by atoms with Gasteiger partial charge in [-0.05, 0) is 40.2 Å². The Bertz CT molecular complexity index is 245. The van der Waals surface area contributed by atoms with E-state index in [0.717, 1.165) is 25.9 Å². The average Bonchev–Trinajstić information content (AvgIpc) is 2.28. The molecule has 1 saturated heterocycles. The Morgan fingerprint density at radius 2 is 2.06 bits per heavy atom. The van der Waals surface area contributed by atoms with Gasteiger partial charge in [0.2, 0.25) is 0 Å². The zero-order valence-corrected chi connectivity index (χ0v) is 11.6. The maximum atomic E-state index is 11.4. The van der Waals surface area contributed by atoms with E-state index in [0.29, 0.717) is 6.47 Å². The van der Waals surface area contributed by atoms with Crippen LogP contribution < -0.4 is 10.6 Å². The van der Waals surface area contributed by atoms with Crippen LogP contribution in [0, 0.1) is 0 Å². The molecule has 1 aliphatic rings. The van der Waals surface area contributed by atoms with Crippen LogP contribution in [0.15, 0.2) is 0 Å². The van der Waals surface area contributed by atoms with Gasteiger partial charge in [0.15, 0.2) is 0 Å². The number of hydrogen-bond acceptors (Lipinski definition) is 5. The lowest BCUT2D eigenvalue weighted by Gasteiger charge is -2.26. The second-order valence-corrected chi connectivity index (χ2v) is 5.02. The lowest BCUT2D eigenvalue weighted by molar-refractivity contribution is -0.126. The van der Waals surface area contributed by atoms with Crippen LogP contribution in [0.3, 0.4) is 0 Å². The Morgan fingerprint density at radius 1 is 1.44 bits per heavy atom. The van der Waals surface area contributed by atoms with Crippen molar-refractivity contribution in [1.82, 2.24) is 10.6 Å². The molecule has 2 N–H and O–H groups in total. The van der Waals surface area contributed by atoms with E-state index < -0.39 is 5.60 Å². The van der Waals surface area contributed by atoms with E-state index in [1.54, 1.807) is 0 Å².